The molecule has 4 aliphatic rings. The quantitative estimate of drug-likeness (QED) is 0.501. The average Bonchev–Trinajstić information content (AvgIpc) is 3.34. The third kappa shape index (κ3) is 3.58. The van der Waals surface area contributed by atoms with Crippen molar-refractivity contribution in [2.24, 2.45) is 52.3 Å². The van der Waals surface area contributed by atoms with Crippen LogP contribution in [0.4, 0.5) is 0 Å². The zero-order chi connectivity index (χ0) is 24.5. The maximum absolute atomic E-state index is 13.8. The summed E-state index contributed by atoms with van der Waals surface area (Å²) in [5.41, 5.74) is 2.25. The molecule has 5 nitrogen and oxygen atoms in total. The number of carbonyl (C=O) groups excluding carboxylic acids is 1. The lowest BCUT2D eigenvalue weighted by atomic mass is 9.44. The smallest absolute Gasteiger partial charge is 0.160 e. The lowest BCUT2D eigenvalue weighted by Gasteiger charge is -2.61. The zero-order valence-corrected chi connectivity index (χ0v) is 22.3. The Labute approximate surface area is 210 Å². The summed E-state index contributed by atoms with van der Waals surface area (Å²) >= 11 is 0. The van der Waals surface area contributed by atoms with Crippen molar-refractivity contribution in [3.8, 4) is 5.75 Å². The number of ketones is 1. The number of nitrogens with zero attached hydrogens (tertiary/aromatic N) is 3. The molecule has 1 aromatic carbocycles. The maximum Gasteiger partial charge on any atom is 0.160 e. The van der Waals surface area contributed by atoms with Crippen molar-refractivity contribution in [2.75, 3.05) is 7.11 Å². The van der Waals surface area contributed by atoms with Crippen molar-refractivity contribution in [1.29, 1.82) is 0 Å². The topological polar surface area (TPSA) is 57.0 Å². The molecule has 0 bridgehead atoms. The second-order valence-corrected chi connectivity index (χ2v) is 13.3. The molecule has 5 heteroatoms. The number of methoxy groups -OCH3 is 1. The van der Waals surface area contributed by atoms with Gasteiger partial charge < -0.3 is 4.74 Å². The summed E-state index contributed by atoms with van der Waals surface area (Å²) in [6, 6.07) is 5.71. The van der Waals surface area contributed by atoms with E-state index in [4.69, 9.17) is 4.74 Å². The maximum atomic E-state index is 13.8. The van der Waals surface area contributed by atoms with Gasteiger partial charge in [-0.15, -0.1) is 0 Å². The summed E-state index contributed by atoms with van der Waals surface area (Å²) in [7, 11) is 1.66. The predicted octanol–water partition coefficient (Wildman–Crippen LogP) is 6.55. The number of aromatic nitrogens is 3. The first kappa shape index (κ1) is 23.5. The van der Waals surface area contributed by atoms with Gasteiger partial charge in [0, 0.05) is 12.0 Å². The van der Waals surface area contributed by atoms with Crippen LogP contribution >= 0.6 is 0 Å². The minimum absolute atomic E-state index is 0.119. The standard InChI is InChI=1S/C30H43N3O2/c1-18-10-12-29(3)20(14-18)6-8-22-23(29)11-13-30(4)24(22)15-19(2)28(30)27(34)17-33-31-25-9-7-21(35-5)16-26(25)32-33/h7,9,16,18-20,22-24,28H,6,8,10-15,17H2,1-5H3/t18?,19-,20?,22?,23?,24?,28?,29?,30?/m1/s1. The summed E-state index contributed by atoms with van der Waals surface area (Å²) in [5, 5.41) is 9.22. The van der Waals surface area contributed by atoms with E-state index in [1.165, 1.54) is 51.4 Å². The molecule has 0 N–H and O–H groups in total. The highest BCUT2D eigenvalue weighted by molar-refractivity contribution is 5.83. The fourth-order valence-corrected chi connectivity index (χ4v) is 9.90. The van der Waals surface area contributed by atoms with E-state index >= 15 is 0 Å². The fraction of sp³-hybridized carbons (Fsp3) is 0.767. The molecule has 4 saturated carbocycles. The van der Waals surface area contributed by atoms with Gasteiger partial charge in [-0.2, -0.15) is 15.0 Å². The average molecular weight is 478 g/mol. The highest BCUT2D eigenvalue weighted by Gasteiger charge is 2.62. The van der Waals surface area contributed by atoms with E-state index in [0.717, 1.165) is 40.5 Å². The number of Topliss-reactive ketones (excluding diaryl/α,β-unsaturated/α-hetero) is 1. The first-order valence-electron chi connectivity index (χ1n) is 14.1. The molecule has 0 saturated heterocycles. The van der Waals surface area contributed by atoms with Gasteiger partial charge in [-0.25, -0.2) is 0 Å². The Morgan fingerprint density at radius 2 is 1.77 bits per heavy atom. The second kappa shape index (κ2) is 8.31. The molecule has 1 heterocycles. The fourth-order valence-electron chi connectivity index (χ4n) is 9.90. The lowest BCUT2D eigenvalue weighted by molar-refractivity contribution is -0.138. The molecule has 1 aromatic heterocycles. The van der Waals surface area contributed by atoms with Crippen LogP contribution in [-0.2, 0) is 11.3 Å². The third-order valence-electron chi connectivity index (χ3n) is 11.5. The monoisotopic (exact) mass is 477 g/mol. The Balaban J connectivity index is 1.23. The van der Waals surface area contributed by atoms with Gasteiger partial charge in [0.1, 0.15) is 23.3 Å². The molecule has 0 aliphatic heterocycles. The highest BCUT2D eigenvalue weighted by Crippen LogP contribution is 2.68. The van der Waals surface area contributed by atoms with Gasteiger partial charge in [0.15, 0.2) is 5.78 Å². The van der Waals surface area contributed by atoms with Crippen LogP contribution in [0.5, 0.6) is 5.75 Å². The molecule has 4 aliphatic carbocycles. The molecular formula is C30H43N3O2. The Morgan fingerprint density at radius 1 is 1.00 bits per heavy atom. The Kier molecular flexibility index (Phi) is 5.58. The molecule has 4 fully saturated rings. The van der Waals surface area contributed by atoms with Gasteiger partial charge in [0.2, 0.25) is 0 Å². The molecule has 8 unspecified atom stereocenters. The Hall–Kier alpha value is -1.91. The zero-order valence-electron chi connectivity index (χ0n) is 22.3. The predicted molar refractivity (Wildman–Crippen MR) is 138 cm³/mol. The molecule has 35 heavy (non-hydrogen) atoms. The van der Waals surface area contributed by atoms with Gasteiger partial charge in [-0.3, -0.25) is 4.79 Å². The Bertz CT molecular complexity index is 1130. The summed E-state index contributed by atoms with van der Waals surface area (Å²) in [4.78, 5) is 15.5. The number of hydrogen-bond donors (Lipinski definition) is 0. The molecule has 0 spiro atoms. The van der Waals surface area contributed by atoms with Crippen molar-refractivity contribution in [3.63, 3.8) is 0 Å². The molecule has 6 rings (SSSR count). The van der Waals surface area contributed by atoms with Crippen LogP contribution < -0.4 is 4.74 Å². The largest absolute Gasteiger partial charge is 0.497 e. The minimum atomic E-state index is 0.119. The van der Waals surface area contributed by atoms with Gasteiger partial charge in [0.05, 0.1) is 7.11 Å². The number of carbonyl (C=O) groups is 1. The van der Waals surface area contributed by atoms with E-state index < -0.39 is 0 Å². The van der Waals surface area contributed by atoms with Gasteiger partial charge >= 0.3 is 0 Å². The minimum Gasteiger partial charge on any atom is -0.497 e. The summed E-state index contributed by atoms with van der Waals surface area (Å²) in [6.45, 7) is 10.2. The normalized spacial score (nSPS) is 42.8. The van der Waals surface area contributed by atoms with Crippen LogP contribution in [0.2, 0.25) is 0 Å². The molecule has 2 aromatic rings. The van der Waals surface area contributed by atoms with E-state index in [2.05, 4.69) is 37.9 Å². The van der Waals surface area contributed by atoms with Crippen molar-refractivity contribution >= 4 is 16.8 Å². The summed E-state index contributed by atoms with van der Waals surface area (Å²) < 4.78 is 5.33. The van der Waals surface area contributed by atoms with Crippen molar-refractivity contribution in [1.82, 2.24) is 15.0 Å². The van der Waals surface area contributed by atoms with Crippen LogP contribution in [0.3, 0.4) is 0 Å². The molecule has 190 valence electrons. The van der Waals surface area contributed by atoms with E-state index in [-0.39, 0.29) is 17.9 Å². The van der Waals surface area contributed by atoms with Crippen LogP contribution in [0, 0.1) is 52.3 Å². The number of hydrogen-bond acceptors (Lipinski definition) is 4. The van der Waals surface area contributed by atoms with Gasteiger partial charge in [0.25, 0.3) is 0 Å². The highest BCUT2D eigenvalue weighted by atomic mass is 16.5. The van der Waals surface area contributed by atoms with Crippen LogP contribution in [0.1, 0.15) is 79.1 Å². The molecule has 9 atom stereocenters. The second-order valence-electron chi connectivity index (χ2n) is 13.3. The van der Waals surface area contributed by atoms with Crippen LogP contribution in [0.25, 0.3) is 11.0 Å². The lowest BCUT2D eigenvalue weighted by Crippen LogP contribution is -2.54. The number of benzene rings is 1. The van der Waals surface area contributed by atoms with E-state index in [9.17, 15) is 4.79 Å². The van der Waals surface area contributed by atoms with Crippen LogP contribution in [0.15, 0.2) is 18.2 Å². The van der Waals surface area contributed by atoms with Gasteiger partial charge in [-0.05, 0) is 103 Å². The van der Waals surface area contributed by atoms with Gasteiger partial charge in [-0.1, -0.05) is 34.1 Å². The van der Waals surface area contributed by atoms with E-state index in [1.54, 1.807) is 11.9 Å². The van der Waals surface area contributed by atoms with Crippen molar-refractivity contribution < 1.29 is 9.53 Å². The molecular weight excluding hydrogens is 434 g/mol. The summed E-state index contributed by atoms with van der Waals surface area (Å²) in [6.07, 6.45) is 10.8. The van der Waals surface area contributed by atoms with E-state index in [0.29, 0.717) is 23.0 Å². The van der Waals surface area contributed by atoms with Crippen molar-refractivity contribution in [2.45, 2.75) is 85.6 Å². The van der Waals surface area contributed by atoms with Crippen LogP contribution in [-0.4, -0.2) is 27.9 Å². The third-order valence-corrected chi connectivity index (χ3v) is 11.5. The number of ether oxygens (including phenoxy) is 1. The molecule has 0 radical (unpaired) electrons. The summed E-state index contributed by atoms with van der Waals surface area (Å²) in [5.74, 6) is 5.85. The Morgan fingerprint density at radius 3 is 2.57 bits per heavy atom. The number of rotatable bonds is 4. The molecule has 0 amide bonds. The first-order chi connectivity index (χ1) is 16.7. The van der Waals surface area contributed by atoms with E-state index in [1.807, 2.05) is 18.2 Å². The van der Waals surface area contributed by atoms with Crippen molar-refractivity contribution in [3.05, 3.63) is 18.2 Å². The SMILES string of the molecule is COc1ccc2nn(CC(=O)C3[C@H](C)CC4C5CCC6CC(C)CCC6(C)C5CCC43C)nc2c1. The number of fused-ring (bicyclic) bond motifs is 6. The first-order valence-corrected chi connectivity index (χ1v) is 14.1.